The molecular weight excluding hydrogens is 536 g/mol. The molecule has 0 radical (unpaired) electrons. The van der Waals surface area contributed by atoms with Gasteiger partial charge in [0.2, 0.25) is 0 Å². The zero-order valence-electron chi connectivity index (χ0n) is 24.9. The van der Waals surface area contributed by atoms with Gasteiger partial charge in [-0.25, -0.2) is 0 Å². The zero-order valence-corrected chi connectivity index (χ0v) is 24.9. The van der Waals surface area contributed by atoms with Crippen molar-refractivity contribution >= 4 is 39.3 Å². The molecule has 1 aliphatic carbocycles. The van der Waals surface area contributed by atoms with Crippen molar-refractivity contribution in [3.8, 4) is 11.1 Å². The average molecular weight is 573 g/mol. The highest BCUT2D eigenvalue weighted by Crippen LogP contribution is 2.35. The number of hydrogen-bond acceptors (Lipinski definition) is 3. The molecule has 6 aromatic rings. The maximum atomic E-state index is 6.47. The Balaban J connectivity index is 1.08. The van der Waals surface area contributed by atoms with Gasteiger partial charge in [0.05, 0.1) is 12.6 Å². The highest BCUT2D eigenvalue weighted by atomic mass is 14.9. The minimum atomic E-state index is -0.252. The van der Waals surface area contributed by atoms with Crippen LogP contribution >= 0.6 is 0 Å². The van der Waals surface area contributed by atoms with E-state index in [0.29, 0.717) is 12.5 Å². The fourth-order valence-corrected chi connectivity index (χ4v) is 6.11. The molecule has 2 atom stereocenters. The fraction of sp³-hybridized carbons (Fsp3) is 0.125. The molecule has 4 nitrogen and oxygen atoms in total. The quantitative estimate of drug-likeness (QED) is 0.159. The first-order chi connectivity index (χ1) is 21.6. The number of aliphatic imine (C=N–C) groups is 1. The van der Waals surface area contributed by atoms with Crippen molar-refractivity contribution in [3.63, 3.8) is 0 Å². The number of rotatable bonds is 8. The molecule has 4 N–H and O–H groups in total. The Hall–Kier alpha value is -5.19. The van der Waals surface area contributed by atoms with E-state index in [2.05, 4.69) is 145 Å². The second-order valence-electron chi connectivity index (χ2n) is 11.6. The molecular formula is C40H36N4. The van der Waals surface area contributed by atoms with E-state index in [1.54, 1.807) is 0 Å². The number of benzene rings is 5. The highest BCUT2D eigenvalue weighted by Gasteiger charge is 2.18. The van der Waals surface area contributed by atoms with Gasteiger partial charge in [0, 0.05) is 50.9 Å². The molecule has 0 amide bonds. The number of aromatic nitrogens is 1. The van der Waals surface area contributed by atoms with Gasteiger partial charge in [0.25, 0.3) is 0 Å². The van der Waals surface area contributed by atoms with E-state index in [1.165, 1.54) is 44.2 Å². The van der Waals surface area contributed by atoms with Gasteiger partial charge in [0.1, 0.15) is 0 Å². The molecule has 7 rings (SSSR count). The maximum absolute atomic E-state index is 6.47. The number of hydrogen-bond donors (Lipinski definition) is 3. The number of nitrogens with two attached hydrogens (primary N) is 1. The zero-order chi connectivity index (χ0) is 29.9. The van der Waals surface area contributed by atoms with E-state index < -0.39 is 0 Å². The second kappa shape index (κ2) is 12.2. The summed E-state index contributed by atoms with van der Waals surface area (Å²) in [5.74, 6) is 0.377. The van der Waals surface area contributed by atoms with Crippen LogP contribution < -0.4 is 11.1 Å². The molecule has 0 saturated carbocycles. The molecule has 5 aromatic carbocycles. The predicted molar refractivity (Wildman–Crippen MR) is 187 cm³/mol. The molecule has 0 fully saturated rings. The van der Waals surface area contributed by atoms with Crippen LogP contribution in [0.1, 0.15) is 36.1 Å². The SMILES string of the molecule is CC1CC=CC(c2ccc3[nH]c4ccccc4c3c2)=C1Nc1cccc(C/N=C\C(N)c2ccc(-c3ccccc3)cc2)c1. The van der Waals surface area contributed by atoms with Gasteiger partial charge in [-0.05, 0) is 64.6 Å². The van der Waals surface area contributed by atoms with Gasteiger partial charge in [0.15, 0.2) is 0 Å². The molecule has 0 spiro atoms. The maximum Gasteiger partial charge on any atom is 0.0651 e. The molecule has 1 aliphatic rings. The monoisotopic (exact) mass is 572 g/mol. The number of nitrogens with one attached hydrogen (secondary N) is 2. The molecule has 0 saturated heterocycles. The number of H-pyrrole nitrogens is 1. The van der Waals surface area contributed by atoms with Crippen LogP contribution in [0, 0.1) is 5.92 Å². The van der Waals surface area contributed by atoms with Crippen LogP contribution in [0.4, 0.5) is 5.69 Å². The molecule has 216 valence electrons. The molecule has 4 heteroatoms. The molecule has 44 heavy (non-hydrogen) atoms. The van der Waals surface area contributed by atoms with E-state index in [-0.39, 0.29) is 6.04 Å². The summed E-state index contributed by atoms with van der Waals surface area (Å²) in [5, 5.41) is 6.29. The van der Waals surface area contributed by atoms with Gasteiger partial charge in [-0.2, -0.15) is 0 Å². The summed E-state index contributed by atoms with van der Waals surface area (Å²) in [6.07, 6.45) is 7.41. The van der Waals surface area contributed by atoms with E-state index in [4.69, 9.17) is 10.7 Å². The third-order valence-corrected chi connectivity index (χ3v) is 8.52. The molecule has 0 bridgehead atoms. The lowest BCUT2D eigenvalue weighted by Gasteiger charge is -2.24. The second-order valence-corrected chi connectivity index (χ2v) is 11.6. The number of nitrogens with zero attached hydrogens (tertiary/aromatic N) is 1. The van der Waals surface area contributed by atoms with Crippen molar-refractivity contribution in [3.05, 3.63) is 156 Å². The summed E-state index contributed by atoms with van der Waals surface area (Å²) < 4.78 is 0. The summed E-state index contributed by atoms with van der Waals surface area (Å²) >= 11 is 0. The van der Waals surface area contributed by atoms with Gasteiger partial charge in [-0.3, -0.25) is 4.99 Å². The summed E-state index contributed by atoms with van der Waals surface area (Å²) in [4.78, 5) is 8.26. The first kappa shape index (κ1) is 27.6. The van der Waals surface area contributed by atoms with E-state index in [0.717, 1.165) is 28.8 Å². The van der Waals surface area contributed by atoms with Crippen molar-refractivity contribution in [1.82, 2.24) is 4.98 Å². The predicted octanol–water partition coefficient (Wildman–Crippen LogP) is 9.68. The standard InChI is InChI=1S/C40H36N4/c1-27-9-7-15-34(32-21-22-39-36(24-32)35-14-5-6-16-38(35)44-39)40(27)43-33-13-8-10-28(23-33)25-42-26-37(41)31-19-17-30(18-20-31)29-11-3-2-4-12-29/h2-8,10-24,26-27,37,43-44H,9,25,41H2,1H3/b42-26-. The summed E-state index contributed by atoms with van der Waals surface area (Å²) in [6.45, 7) is 2.86. The van der Waals surface area contributed by atoms with Crippen LogP contribution in [0.2, 0.25) is 0 Å². The largest absolute Gasteiger partial charge is 0.358 e. The van der Waals surface area contributed by atoms with Crippen LogP contribution in [-0.2, 0) is 6.54 Å². The first-order valence-corrected chi connectivity index (χ1v) is 15.3. The number of fused-ring (bicyclic) bond motifs is 3. The van der Waals surface area contributed by atoms with Crippen LogP contribution in [0.3, 0.4) is 0 Å². The Kier molecular flexibility index (Phi) is 7.66. The molecule has 1 aromatic heterocycles. The van der Waals surface area contributed by atoms with Crippen molar-refractivity contribution < 1.29 is 0 Å². The highest BCUT2D eigenvalue weighted by molar-refractivity contribution is 6.08. The van der Waals surface area contributed by atoms with Gasteiger partial charge >= 0.3 is 0 Å². The van der Waals surface area contributed by atoms with Gasteiger partial charge < -0.3 is 16.0 Å². The Morgan fingerprint density at radius 1 is 0.795 bits per heavy atom. The average Bonchev–Trinajstić information content (AvgIpc) is 3.44. The lowest BCUT2D eigenvalue weighted by Crippen LogP contribution is -2.14. The number of allylic oxidation sites excluding steroid dienone is 4. The smallest absolute Gasteiger partial charge is 0.0651 e. The Morgan fingerprint density at radius 2 is 1.55 bits per heavy atom. The summed E-state index contributed by atoms with van der Waals surface area (Å²) in [5.41, 5.74) is 18.1. The number of anilines is 1. The van der Waals surface area contributed by atoms with Crippen molar-refractivity contribution in [1.29, 1.82) is 0 Å². The third-order valence-electron chi connectivity index (χ3n) is 8.52. The summed E-state index contributed by atoms with van der Waals surface area (Å²) in [6, 6.07) is 42.3. The van der Waals surface area contributed by atoms with Crippen LogP contribution in [0.15, 0.2) is 144 Å². The Bertz CT molecular complexity index is 2010. The van der Waals surface area contributed by atoms with E-state index >= 15 is 0 Å². The number of aromatic amines is 1. The topological polar surface area (TPSA) is 66.2 Å². The summed E-state index contributed by atoms with van der Waals surface area (Å²) in [7, 11) is 0. The normalized spacial score (nSPS) is 15.8. The molecule has 1 heterocycles. The van der Waals surface area contributed by atoms with Gasteiger partial charge in [-0.1, -0.05) is 110 Å². The lowest BCUT2D eigenvalue weighted by atomic mass is 9.89. The Morgan fingerprint density at radius 3 is 2.41 bits per heavy atom. The van der Waals surface area contributed by atoms with Crippen molar-refractivity contribution in [2.24, 2.45) is 16.6 Å². The fourth-order valence-electron chi connectivity index (χ4n) is 6.11. The van der Waals surface area contributed by atoms with Crippen LogP contribution in [-0.4, -0.2) is 11.2 Å². The van der Waals surface area contributed by atoms with Crippen LogP contribution in [0.5, 0.6) is 0 Å². The third kappa shape index (κ3) is 5.72. The molecule has 0 aliphatic heterocycles. The first-order valence-electron chi connectivity index (χ1n) is 15.3. The van der Waals surface area contributed by atoms with Crippen LogP contribution in [0.25, 0.3) is 38.5 Å². The minimum absolute atomic E-state index is 0.252. The van der Waals surface area contributed by atoms with Crippen molar-refractivity contribution in [2.45, 2.75) is 25.9 Å². The minimum Gasteiger partial charge on any atom is -0.358 e. The lowest BCUT2D eigenvalue weighted by molar-refractivity contribution is 0.695. The van der Waals surface area contributed by atoms with E-state index in [1.807, 2.05) is 12.3 Å². The van der Waals surface area contributed by atoms with E-state index in [9.17, 15) is 0 Å². The van der Waals surface area contributed by atoms with Crippen molar-refractivity contribution in [2.75, 3.05) is 5.32 Å². The Labute approximate surface area is 258 Å². The molecule has 2 unspecified atom stereocenters. The van der Waals surface area contributed by atoms with Gasteiger partial charge in [-0.15, -0.1) is 0 Å². The number of para-hydroxylation sites is 1.